The molecule has 0 spiro atoms. The fraction of sp³-hybridized carbons (Fsp3) is 0.862. The van der Waals surface area contributed by atoms with E-state index in [1.807, 2.05) is 13.8 Å². The Hall–Kier alpha value is -1.42. The van der Waals surface area contributed by atoms with E-state index in [4.69, 9.17) is 10.00 Å². The van der Waals surface area contributed by atoms with Crippen molar-refractivity contribution in [3.8, 4) is 6.07 Å². The summed E-state index contributed by atoms with van der Waals surface area (Å²) in [4.78, 5) is 0. The molecule has 5 rings (SSSR count). The minimum absolute atomic E-state index is 0.142. The van der Waals surface area contributed by atoms with Crippen molar-refractivity contribution in [3.63, 3.8) is 0 Å². The van der Waals surface area contributed by atoms with Crippen LogP contribution >= 0.6 is 0 Å². The van der Waals surface area contributed by atoms with Crippen molar-refractivity contribution in [1.29, 1.82) is 5.26 Å². The lowest BCUT2D eigenvalue weighted by molar-refractivity contribution is -0.172. The number of hydrogen-bond acceptors (Lipinski definition) is 5. The molecule has 1 aromatic rings. The van der Waals surface area contributed by atoms with Gasteiger partial charge in [0.2, 0.25) is 0 Å². The van der Waals surface area contributed by atoms with Gasteiger partial charge in [-0.1, -0.05) is 13.8 Å². The van der Waals surface area contributed by atoms with Crippen LogP contribution in [0.15, 0.2) is 12.4 Å². The van der Waals surface area contributed by atoms with Gasteiger partial charge >= 0.3 is 0 Å². The number of ether oxygens (including phenoxy) is 1. The number of nitriles is 1. The van der Waals surface area contributed by atoms with Crippen molar-refractivity contribution in [1.82, 2.24) is 9.78 Å². The van der Waals surface area contributed by atoms with Gasteiger partial charge in [-0.15, -0.1) is 0 Å². The van der Waals surface area contributed by atoms with E-state index in [1.54, 1.807) is 17.1 Å². The van der Waals surface area contributed by atoms with Crippen molar-refractivity contribution < 1.29 is 14.9 Å². The van der Waals surface area contributed by atoms with E-state index >= 15 is 0 Å². The van der Waals surface area contributed by atoms with Crippen LogP contribution in [-0.2, 0) is 11.3 Å². The molecule has 1 heterocycles. The SMILES string of the molecule is CCOC[C@@]1(O)CC[C@@]2(C)[C@H](CC[C@@H]3[C@@H]2CC[C@]2(C)[C@@H](C(C)(O)Cn4cc(C#N)cn4)CC[C@@H]32)C1. The Kier molecular flexibility index (Phi) is 6.38. The predicted molar refractivity (Wildman–Crippen MR) is 134 cm³/mol. The van der Waals surface area contributed by atoms with Crippen LogP contribution in [0, 0.1) is 51.8 Å². The second-order valence-corrected chi connectivity index (χ2v) is 13.3. The average Bonchev–Trinajstić information content (AvgIpc) is 3.42. The van der Waals surface area contributed by atoms with Crippen LogP contribution in [0.25, 0.3) is 0 Å². The van der Waals surface area contributed by atoms with Crippen molar-refractivity contribution in [2.75, 3.05) is 13.2 Å². The highest BCUT2D eigenvalue weighted by molar-refractivity contribution is 5.22. The maximum Gasteiger partial charge on any atom is 0.102 e. The topological polar surface area (TPSA) is 91.3 Å². The molecule has 1 unspecified atom stereocenters. The summed E-state index contributed by atoms with van der Waals surface area (Å²) in [6, 6.07) is 2.14. The van der Waals surface area contributed by atoms with Crippen LogP contribution in [0.3, 0.4) is 0 Å². The number of nitrogens with zero attached hydrogens (tertiary/aromatic N) is 3. The summed E-state index contributed by atoms with van der Waals surface area (Å²) in [5.74, 6) is 2.94. The van der Waals surface area contributed by atoms with Gasteiger partial charge in [0.1, 0.15) is 6.07 Å². The molecular weight excluding hydrogens is 438 g/mol. The molecule has 4 saturated carbocycles. The van der Waals surface area contributed by atoms with E-state index in [9.17, 15) is 10.2 Å². The third kappa shape index (κ3) is 4.16. The molecule has 194 valence electrons. The molecule has 6 heteroatoms. The Bertz CT molecular complexity index is 969. The van der Waals surface area contributed by atoms with Crippen LogP contribution in [0.1, 0.15) is 91.0 Å². The molecule has 4 aliphatic rings. The molecule has 9 atom stereocenters. The number of aliphatic hydroxyl groups is 2. The first-order chi connectivity index (χ1) is 16.5. The zero-order valence-electron chi connectivity index (χ0n) is 22.2. The molecule has 1 aromatic heterocycles. The molecule has 0 aromatic carbocycles. The monoisotopic (exact) mass is 483 g/mol. The maximum absolute atomic E-state index is 11.7. The standard InChI is InChI=1S/C29H45N3O3/c1-5-35-19-29(34)13-12-26(2)21(14-29)6-7-22-23-8-9-25(27(23,3)11-10-24(22)26)28(4,33)18-32-17-20(15-30)16-31-32/h16-17,21-25,33-34H,5-14,18-19H2,1-4H3/t21-,22+,23+,24+,25+,26+,27+,28?,29-/m1/s1. The Morgan fingerprint density at radius 1 is 1.14 bits per heavy atom. The third-order valence-electron chi connectivity index (χ3n) is 11.4. The molecule has 0 amide bonds. The van der Waals surface area contributed by atoms with Crippen LogP contribution in [-0.4, -0.2) is 44.4 Å². The van der Waals surface area contributed by atoms with Gasteiger partial charge in [-0.05, 0) is 112 Å². The van der Waals surface area contributed by atoms with E-state index in [1.165, 1.54) is 32.1 Å². The third-order valence-corrected chi connectivity index (χ3v) is 11.4. The van der Waals surface area contributed by atoms with Crippen molar-refractivity contribution in [3.05, 3.63) is 18.0 Å². The maximum atomic E-state index is 11.7. The van der Waals surface area contributed by atoms with Gasteiger partial charge in [0.15, 0.2) is 0 Å². The number of hydrogen-bond donors (Lipinski definition) is 2. The largest absolute Gasteiger partial charge is 0.388 e. The van der Waals surface area contributed by atoms with Crippen LogP contribution in [0.5, 0.6) is 0 Å². The second kappa shape index (κ2) is 8.85. The summed E-state index contributed by atoms with van der Waals surface area (Å²) in [5, 5.41) is 36.4. The summed E-state index contributed by atoms with van der Waals surface area (Å²) < 4.78 is 7.41. The lowest BCUT2D eigenvalue weighted by atomic mass is 9.43. The number of aromatic nitrogens is 2. The van der Waals surface area contributed by atoms with Crippen LogP contribution in [0.4, 0.5) is 0 Å². The van der Waals surface area contributed by atoms with Gasteiger partial charge in [-0.2, -0.15) is 10.4 Å². The van der Waals surface area contributed by atoms with E-state index < -0.39 is 11.2 Å². The fourth-order valence-electron chi connectivity index (χ4n) is 9.71. The predicted octanol–water partition coefficient (Wildman–Crippen LogP) is 4.93. The molecule has 4 fully saturated rings. The summed E-state index contributed by atoms with van der Waals surface area (Å²) in [5.41, 5.74) is -0.500. The van der Waals surface area contributed by atoms with Crippen molar-refractivity contribution >= 4 is 0 Å². The molecular formula is C29H45N3O3. The van der Waals surface area contributed by atoms with E-state index in [0.29, 0.717) is 42.6 Å². The smallest absolute Gasteiger partial charge is 0.102 e. The second-order valence-electron chi connectivity index (χ2n) is 13.3. The van der Waals surface area contributed by atoms with Crippen LogP contribution in [0.2, 0.25) is 0 Å². The normalized spacial score (nSPS) is 44.5. The molecule has 4 aliphatic carbocycles. The first-order valence-corrected chi connectivity index (χ1v) is 14.0. The molecule has 35 heavy (non-hydrogen) atoms. The van der Waals surface area contributed by atoms with Gasteiger partial charge in [0.25, 0.3) is 0 Å². The molecule has 0 bridgehead atoms. The number of rotatable bonds is 6. The zero-order valence-corrected chi connectivity index (χ0v) is 22.2. The average molecular weight is 484 g/mol. The Balaban J connectivity index is 1.32. The van der Waals surface area contributed by atoms with Gasteiger partial charge in [0.05, 0.1) is 36.1 Å². The molecule has 2 N–H and O–H groups in total. The van der Waals surface area contributed by atoms with Crippen molar-refractivity contribution in [2.24, 2.45) is 40.4 Å². The Labute approximate surface area is 211 Å². The molecule has 0 saturated heterocycles. The minimum atomic E-state index is -0.850. The Morgan fingerprint density at radius 2 is 1.91 bits per heavy atom. The van der Waals surface area contributed by atoms with Crippen LogP contribution < -0.4 is 0 Å². The molecule has 0 aliphatic heterocycles. The summed E-state index contributed by atoms with van der Waals surface area (Å²) in [7, 11) is 0. The highest BCUT2D eigenvalue weighted by atomic mass is 16.5. The van der Waals surface area contributed by atoms with Gasteiger partial charge in [-0.25, -0.2) is 0 Å². The van der Waals surface area contributed by atoms with Crippen molar-refractivity contribution in [2.45, 2.75) is 103 Å². The van der Waals surface area contributed by atoms with Gasteiger partial charge in [0, 0.05) is 12.8 Å². The van der Waals surface area contributed by atoms with Gasteiger partial charge < -0.3 is 14.9 Å². The lowest BCUT2D eigenvalue weighted by Gasteiger charge is -2.62. The first kappa shape index (κ1) is 25.2. The summed E-state index contributed by atoms with van der Waals surface area (Å²) in [6.45, 7) is 10.6. The number of fused-ring (bicyclic) bond motifs is 5. The first-order valence-electron chi connectivity index (χ1n) is 14.0. The zero-order chi connectivity index (χ0) is 25.1. The summed E-state index contributed by atoms with van der Waals surface area (Å²) >= 11 is 0. The lowest BCUT2D eigenvalue weighted by Crippen LogP contribution is -2.57. The van der Waals surface area contributed by atoms with Gasteiger partial charge in [-0.3, -0.25) is 4.68 Å². The van der Waals surface area contributed by atoms with E-state index in [2.05, 4.69) is 25.0 Å². The van der Waals surface area contributed by atoms with E-state index in [0.717, 1.165) is 37.5 Å². The minimum Gasteiger partial charge on any atom is -0.388 e. The summed E-state index contributed by atoms with van der Waals surface area (Å²) in [6.07, 6.45) is 13.3. The Morgan fingerprint density at radius 3 is 2.63 bits per heavy atom. The van der Waals surface area contributed by atoms with E-state index in [-0.39, 0.29) is 11.3 Å². The fourth-order valence-corrected chi connectivity index (χ4v) is 9.71. The highest BCUT2D eigenvalue weighted by Gasteiger charge is 2.63. The quantitative estimate of drug-likeness (QED) is 0.598. The highest BCUT2D eigenvalue weighted by Crippen LogP contribution is 2.69. The molecule has 6 nitrogen and oxygen atoms in total. The molecule has 0 radical (unpaired) electrons.